The molecule has 24 heavy (non-hydrogen) atoms. The van der Waals surface area contributed by atoms with Gasteiger partial charge in [0.15, 0.2) is 0 Å². The molecule has 1 atom stereocenters. The van der Waals surface area contributed by atoms with E-state index in [0.29, 0.717) is 12.3 Å². The fourth-order valence-corrected chi connectivity index (χ4v) is 3.06. The van der Waals surface area contributed by atoms with Crippen molar-refractivity contribution < 1.29 is 9.53 Å². The van der Waals surface area contributed by atoms with Crippen LogP contribution in [0.4, 0.5) is 0 Å². The first-order valence-electron chi connectivity index (χ1n) is 7.51. The molecule has 1 N–H and O–H groups in total. The van der Waals surface area contributed by atoms with Gasteiger partial charge in [-0.1, -0.05) is 12.1 Å². The third kappa shape index (κ3) is 3.69. The van der Waals surface area contributed by atoms with Crippen LogP contribution in [0.2, 0.25) is 0 Å². The number of methoxy groups -OCH3 is 1. The highest BCUT2D eigenvalue weighted by Crippen LogP contribution is 2.18. The van der Waals surface area contributed by atoms with E-state index in [1.54, 1.807) is 23.4 Å². The third-order valence-corrected chi connectivity index (χ3v) is 4.36. The Morgan fingerprint density at radius 2 is 2.29 bits per heavy atom. The first-order chi connectivity index (χ1) is 11.7. The number of thiazole rings is 1. The van der Waals surface area contributed by atoms with Gasteiger partial charge in [-0.05, 0) is 30.7 Å². The van der Waals surface area contributed by atoms with Crippen molar-refractivity contribution in [2.75, 3.05) is 7.11 Å². The van der Waals surface area contributed by atoms with Gasteiger partial charge in [0.25, 0.3) is 5.91 Å². The molecule has 0 saturated carbocycles. The maximum absolute atomic E-state index is 12.3. The lowest BCUT2D eigenvalue weighted by Crippen LogP contribution is -2.27. The number of nitrogens with one attached hydrogen (secondary N) is 1. The van der Waals surface area contributed by atoms with Crippen molar-refractivity contribution in [3.05, 3.63) is 64.4 Å². The average Bonchev–Trinajstić information content (AvgIpc) is 3.27. The molecule has 0 aliphatic carbocycles. The third-order valence-electron chi connectivity index (χ3n) is 3.54. The molecule has 1 amide bonds. The van der Waals surface area contributed by atoms with E-state index in [0.717, 1.165) is 16.3 Å². The molecule has 3 rings (SSSR count). The van der Waals surface area contributed by atoms with Crippen LogP contribution < -0.4 is 5.32 Å². The van der Waals surface area contributed by atoms with Gasteiger partial charge in [0.2, 0.25) is 0 Å². The highest BCUT2D eigenvalue weighted by Gasteiger charge is 2.15. The molecule has 3 aromatic rings. The van der Waals surface area contributed by atoms with Gasteiger partial charge >= 0.3 is 0 Å². The van der Waals surface area contributed by atoms with Crippen LogP contribution in [-0.4, -0.2) is 27.8 Å². The average molecular weight is 342 g/mol. The van der Waals surface area contributed by atoms with E-state index in [-0.39, 0.29) is 11.9 Å². The highest BCUT2D eigenvalue weighted by atomic mass is 32.1. The number of hydrogen-bond acceptors (Lipinski definition) is 5. The SMILES string of the molecule is COCc1nc(C(=O)NC(C)c2cccc(-n3cccn3)c2)cs1. The standard InChI is InChI=1S/C17H18N4O2S/c1-12(19-17(22)15-11-24-16(20-15)10-23-2)13-5-3-6-14(9-13)21-8-4-7-18-21/h3-9,11-12H,10H2,1-2H3,(H,19,22). The summed E-state index contributed by atoms with van der Waals surface area (Å²) in [6.07, 6.45) is 3.62. The first-order valence-corrected chi connectivity index (χ1v) is 8.39. The number of nitrogens with zero attached hydrogens (tertiary/aromatic N) is 3. The summed E-state index contributed by atoms with van der Waals surface area (Å²) in [5, 5.41) is 9.73. The summed E-state index contributed by atoms with van der Waals surface area (Å²) in [7, 11) is 1.61. The number of benzene rings is 1. The van der Waals surface area contributed by atoms with Crippen molar-refractivity contribution in [3.63, 3.8) is 0 Å². The molecule has 2 heterocycles. The zero-order valence-corrected chi connectivity index (χ0v) is 14.3. The van der Waals surface area contributed by atoms with Crippen molar-refractivity contribution in [1.82, 2.24) is 20.1 Å². The number of hydrogen-bond donors (Lipinski definition) is 1. The van der Waals surface area contributed by atoms with Gasteiger partial charge < -0.3 is 10.1 Å². The molecule has 0 spiro atoms. The molecular formula is C17H18N4O2S. The quantitative estimate of drug-likeness (QED) is 0.748. The summed E-state index contributed by atoms with van der Waals surface area (Å²) in [5.41, 5.74) is 2.38. The van der Waals surface area contributed by atoms with Gasteiger partial charge in [0.1, 0.15) is 10.7 Å². The summed E-state index contributed by atoms with van der Waals surface area (Å²) in [6, 6.07) is 9.65. The molecule has 0 bridgehead atoms. The number of rotatable bonds is 6. The number of carbonyl (C=O) groups excluding carboxylic acids is 1. The van der Waals surface area contributed by atoms with Crippen molar-refractivity contribution in [2.24, 2.45) is 0 Å². The summed E-state index contributed by atoms with van der Waals surface area (Å²) >= 11 is 1.42. The Morgan fingerprint density at radius 3 is 3.04 bits per heavy atom. The van der Waals surface area contributed by atoms with Gasteiger partial charge in [-0.15, -0.1) is 11.3 Å². The Kier molecular flexibility index (Phi) is 5.02. The highest BCUT2D eigenvalue weighted by molar-refractivity contribution is 7.09. The molecule has 0 radical (unpaired) electrons. The van der Waals surface area contributed by atoms with E-state index in [9.17, 15) is 4.79 Å². The maximum atomic E-state index is 12.3. The predicted octanol–water partition coefficient (Wildman–Crippen LogP) is 2.97. The van der Waals surface area contributed by atoms with Gasteiger partial charge in [0, 0.05) is 24.9 Å². The first kappa shape index (κ1) is 16.4. The fraction of sp³-hybridized carbons (Fsp3) is 0.235. The largest absolute Gasteiger partial charge is 0.378 e. The van der Waals surface area contributed by atoms with E-state index >= 15 is 0 Å². The minimum atomic E-state index is -0.189. The molecule has 1 unspecified atom stereocenters. The predicted molar refractivity (Wildman–Crippen MR) is 92.3 cm³/mol. The smallest absolute Gasteiger partial charge is 0.271 e. The second-order valence-electron chi connectivity index (χ2n) is 5.30. The van der Waals surface area contributed by atoms with Crippen LogP contribution in [0.3, 0.4) is 0 Å². The molecule has 0 saturated heterocycles. The molecule has 6 nitrogen and oxygen atoms in total. The Labute approximate surface area is 144 Å². The van der Waals surface area contributed by atoms with Crippen LogP contribution in [0.5, 0.6) is 0 Å². The summed E-state index contributed by atoms with van der Waals surface area (Å²) < 4.78 is 6.82. The van der Waals surface area contributed by atoms with Crippen LogP contribution in [0.1, 0.15) is 34.0 Å². The second kappa shape index (κ2) is 7.37. The second-order valence-corrected chi connectivity index (χ2v) is 6.24. The molecule has 0 aliphatic rings. The van der Waals surface area contributed by atoms with Gasteiger partial charge in [-0.3, -0.25) is 4.79 Å². The Balaban J connectivity index is 1.71. The summed E-state index contributed by atoms with van der Waals surface area (Å²) in [4.78, 5) is 16.6. The van der Waals surface area contributed by atoms with E-state index in [4.69, 9.17) is 4.74 Å². The number of aromatic nitrogens is 3. The van der Waals surface area contributed by atoms with E-state index in [1.165, 1.54) is 11.3 Å². The van der Waals surface area contributed by atoms with Crippen LogP contribution in [0.15, 0.2) is 48.1 Å². The van der Waals surface area contributed by atoms with Crippen LogP contribution >= 0.6 is 11.3 Å². The minimum Gasteiger partial charge on any atom is -0.378 e. The van der Waals surface area contributed by atoms with Crippen molar-refractivity contribution in [1.29, 1.82) is 0 Å². The summed E-state index contributed by atoms with van der Waals surface area (Å²) in [5.74, 6) is -0.189. The van der Waals surface area contributed by atoms with Crippen LogP contribution in [0.25, 0.3) is 5.69 Å². The Bertz CT molecular complexity index is 814. The van der Waals surface area contributed by atoms with Crippen molar-refractivity contribution in [3.8, 4) is 5.69 Å². The lowest BCUT2D eigenvalue weighted by Gasteiger charge is -2.14. The molecule has 1 aromatic carbocycles. The minimum absolute atomic E-state index is 0.138. The Hall–Kier alpha value is -2.51. The van der Waals surface area contributed by atoms with E-state index in [2.05, 4.69) is 15.4 Å². The summed E-state index contributed by atoms with van der Waals surface area (Å²) in [6.45, 7) is 2.36. The molecular weight excluding hydrogens is 324 g/mol. The van der Waals surface area contributed by atoms with Crippen molar-refractivity contribution >= 4 is 17.2 Å². The molecule has 2 aromatic heterocycles. The molecule has 124 valence electrons. The fourth-order valence-electron chi connectivity index (χ4n) is 2.32. The van der Waals surface area contributed by atoms with Crippen LogP contribution in [0, 0.1) is 0 Å². The monoisotopic (exact) mass is 342 g/mol. The number of ether oxygens (including phenoxy) is 1. The van der Waals surface area contributed by atoms with Gasteiger partial charge in [0.05, 0.1) is 18.3 Å². The maximum Gasteiger partial charge on any atom is 0.271 e. The Morgan fingerprint density at radius 1 is 1.42 bits per heavy atom. The zero-order valence-electron chi connectivity index (χ0n) is 13.5. The molecule has 0 fully saturated rings. The van der Waals surface area contributed by atoms with Gasteiger partial charge in [-0.2, -0.15) is 5.10 Å². The van der Waals surface area contributed by atoms with E-state index < -0.39 is 0 Å². The normalized spacial score (nSPS) is 12.1. The van der Waals surface area contributed by atoms with Crippen LogP contribution in [-0.2, 0) is 11.3 Å². The number of amides is 1. The van der Waals surface area contributed by atoms with Gasteiger partial charge in [-0.25, -0.2) is 9.67 Å². The van der Waals surface area contributed by atoms with E-state index in [1.807, 2.05) is 43.5 Å². The topological polar surface area (TPSA) is 69.0 Å². The zero-order chi connectivity index (χ0) is 16.9. The molecule has 0 aliphatic heterocycles. The van der Waals surface area contributed by atoms with Crippen molar-refractivity contribution in [2.45, 2.75) is 19.6 Å². The molecule has 7 heteroatoms. The number of carbonyl (C=O) groups is 1. The lowest BCUT2D eigenvalue weighted by molar-refractivity contribution is 0.0935. The lowest BCUT2D eigenvalue weighted by atomic mass is 10.1.